The molecule has 1 amide bonds. The van der Waals surface area contributed by atoms with Crippen LogP contribution in [0.4, 0.5) is 5.95 Å². The predicted octanol–water partition coefficient (Wildman–Crippen LogP) is 4.14. The second kappa shape index (κ2) is 10.8. The van der Waals surface area contributed by atoms with E-state index in [0.29, 0.717) is 12.5 Å². The lowest BCUT2D eigenvalue weighted by atomic mass is 9.96. The second-order valence-electron chi connectivity index (χ2n) is 9.47. The number of nitrogens with one attached hydrogen (secondary N) is 1. The van der Waals surface area contributed by atoms with Gasteiger partial charge < -0.3 is 10.2 Å². The van der Waals surface area contributed by atoms with Gasteiger partial charge in [-0.1, -0.05) is 60.7 Å². The van der Waals surface area contributed by atoms with Gasteiger partial charge in [0, 0.05) is 56.7 Å². The fourth-order valence-corrected chi connectivity index (χ4v) is 5.03. The number of hydrogen-bond donors (Lipinski definition) is 1. The van der Waals surface area contributed by atoms with Gasteiger partial charge in [-0.05, 0) is 36.8 Å². The van der Waals surface area contributed by atoms with Crippen LogP contribution in [0, 0.1) is 5.92 Å². The molecule has 0 aliphatic carbocycles. The highest BCUT2D eigenvalue weighted by Gasteiger charge is 2.29. The van der Waals surface area contributed by atoms with Crippen molar-refractivity contribution in [3.8, 4) is 11.1 Å². The Balaban J connectivity index is 1.11. The van der Waals surface area contributed by atoms with Crippen LogP contribution in [0.2, 0.25) is 0 Å². The van der Waals surface area contributed by atoms with Crippen molar-refractivity contribution in [2.24, 2.45) is 5.92 Å². The molecule has 0 bridgehead atoms. The molecule has 34 heavy (non-hydrogen) atoms. The summed E-state index contributed by atoms with van der Waals surface area (Å²) in [5, 5.41) is 3.34. The summed E-state index contributed by atoms with van der Waals surface area (Å²) in [7, 11) is 0. The van der Waals surface area contributed by atoms with Gasteiger partial charge in [0.05, 0.1) is 5.92 Å². The summed E-state index contributed by atoms with van der Waals surface area (Å²) in [4.78, 5) is 26.9. The first-order valence-corrected chi connectivity index (χ1v) is 12.4. The van der Waals surface area contributed by atoms with Gasteiger partial charge in [0.25, 0.3) is 0 Å². The lowest BCUT2D eigenvalue weighted by Gasteiger charge is -2.35. The fraction of sp³-hybridized carbons (Fsp3) is 0.393. The molecule has 6 nitrogen and oxygen atoms in total. The molecule has 3 heterocycles. The molecular weight excluding hydrogens is 422 g/mol. The summed E-state index contributed by atoms with van der Waals surface area (Å²) in [5.74, 6) is 0.895. The maximum Gasteiger partial charge on any atom is 0.225 e. The molecule has 2 saturated heterocycles. The Morgan fingerprint density at radius 2 is 1.53 bits per heavy atom. The second-order valence-corrected chi connectivity index (χ2v) is 9.47. The minimum atomic E-state index is -0.00602. The van der Waals surface area contributed by atoms with Crippen LogP contribution in [0.1, 0.15) is 31.2 Å². The van der Waals surface area contributed by atoms with Gasteiger partial charge in [-0.15, -0.1) is 0 Å². The maximum atomic E-state index is 13.1. The fourth-order valence-electron chi connectivity index (χ4n) is 5.03. The molecule has 2 aliphatic heterocycles. The van der Waals surface area contributed by atoms with E-state index < -0.39 is 0 Å². The van der Waals surface area contributed by atoms with E-state index in [-0.39, 0.29) is 17.9 Å². The third-order valence-electron chi connectivity index (χ3n) is 7.00. The third-order valence-corrected chi connectivity index (χ3v) is 7.00. The Morgan fingerprint density at radius 1 is 0.853 bits per heavy atom. The molecule has 2 fully saturated rings. The first kappa shape index (κ1) is 22.5. The lowest BCUT2D eigenvalue weighted by Crippen LogP contribution is -2.49. The summed E-state index contributed by atoms with van der Waals surface area (Å²) >= 11 is 0. The number of likely N-dealkylation sites (tertiary alicyclic amines) is 1. The Kier molecular flexibility index (Phi) is 7.15. The van der Waals surface area contributed by atoms with Crippen LogP contribution in [0.15, 0.2) is 73.1 Å². The molecule has 6 heteroatoms. The predicted molar refractivity (Wildman–Crippen MR) is 135 cm³/mol. The minimum Gasteiger partial charge on any atom is -0.353 e. The first-order chi connectivity index (χ1) is 16.7. The summed E-state index contributed by atoms with van der Waals surface area (Å²) < 4.78 is 0. The zero-order valence-corrected chi connectivity index (χ0v) is 19.6. The number of aromatic nitrogens is 2. The Labute approximate surface area is 202 Å². The minimum absolute atomic E-state index is 0.00602. The van der Waals surface area contributed by atoms with Crippen molar-refractivity contribution < 1.29 is 4.79 Å². The molecule has 0 spiro atoms. The van der Waals surface area contributed by atoms with Crippen LogP contribution in [0.5, 0.6) is 0 Å². The van der Waals surface area contributed by atoms with Crippen molar-refractivity contribution in [3.63, 3.8) is 0 Å². The lowest BCUT2D eigenvalue weighted by molar-refractivity contribution is -0.126. The molecule has 2 aromatic carbocycles. The van der Waals surface area contributed by atoms with E-state index in [1.165, 1.54) is 5.56 Å². The summed E-state index contributed by atoms with van der Waals surface area (Å²) in [6, 6.07) is 21.1. The monoisotopic (exact) mass is 455 g/mol. The quantitative estimate of drug-likeness (QED) is 0.605. The van der Waals surface area contributed by atoms with Crippen molar-refractivity contribution in [3.05, 3.63) is 78.6 Å². The SMILES string of the molecule is O=C(NC1CCN(Cc2ccccc2)CC1)[C@@H]1CCCN(c2ncc(-c3ccccc3)cn2)C1. The number of piperidine rings is 2. The third kappa shape index (κ3) is 5.62. The number of nitrogens with zero attached hydrogens (tertiary/aromatic N) is 4. The number of hydrogen-bond acceptors (Lipinski definition) is 5. The summed E-state index contributed by atoms with van der Waals surface area (Å²) in [6.07, 6.45) is 7.70. The highest BCUT2D eigenvalue weighted by atomic mass is 16.2. The van der Waals surface area contributed by atoms with Gasteiger partial charge >= 0.3 is 0 Å². The average molecular weight is 456 g/mol. The molecule has 1 N–H and O–H groups in total. The van der Waals surface area contributed by atoms with Gasteiger partial charge in [0.15, 0.2) is 0 Å². The van der Waals surface area contributed by atoms with Crippen molar-refractivity contribution in [1.29, 1.82) is 0 Å². The molecule has 0 saturated carbocycles. The Hall–Kier alpha value is -3.25. The van der Waals surface area contributed by atoms with Gasteiger partial charge in [-0.2, -0.15) is 0 Å². The molecular formula is C28H33N5O. The maximum absolute atomic E-state index is 13.1. The smallest absolute Gasteiger partial charge is 0.225 e. The van der Waals surface area contributed by atoms with E-state index in [0.717, 1.165) is 63.0 Å². The van der Waals surface area contributed by atoms with Crippen LogP contribution in [0.3, 0.4) is 0 Å². The normalized spacial score (nSPS) is 19.6. The summed E-state index contributed by atoms with van der Waals surface area (Å²) in [5.41, 5.74) is 3.47. The van der Waals surface area contributed by atoms with Gasteiger partial charge in [-0.25, -0.2) is 9.97 Å². The topological polar surface area (TPSA) is 61.4 Å². The van der Waals surface area contributed by atoms with Crippen molar-refractivity contribution in [2.45, 2.75) is 38.3 Å². The molecule has 1 atom stereocenters. The Morgan fingerprint density at radius 3 is 2.24 bits per heavy atom. The van der Waals surface area contributed by atoms with E-state index >= 15 is 0 Å². The number of carbonyl (C=O) groups excluding carboxylic acids is 1. The highest BCUT2D eigenvalue weighted by molar-refractivity contribution is 5.79. The highest BCUT2D eigenvalue weighted by Crippen LogP contribution is 2.23. The van der Waals surface area contributed by atoms with E-state index in [1.807, 2.05) is 30.6 Å². The van der Waals surface area contributed by atoms with Crippen LogP contribution in [-0.2, 0) is 11.3 Å². The first-order valence-electron chi connectivity index (χ1n) is 12.4. The van der Waals surface area contributed by atoms with Gasteiger partial charge in [0.1, 0.15) is 0 Å². The van der Waals surface area contributed by atoms with Crippen LogP contribution in [0.25, 0.3) is 11.1 Å². The molecule has 176 valence electrons. The van der Waals surface area contributed by atoms with E-state index in [1.54, 1.807) is 0 Å². The number of amides is 1. The zero-order chi connectivity index (χ0) is 23.2. The standard InChI is InChI=1S/C28H33N5O/c34-27(31-26-13-16-32(17-14-26)20-22-8-3-1-4-9-22)24-12-7-15-33(21-24)28-29-18-25(19-30-28)23-10-5-2-6-11-23/h1-6,8-11,18-19,24,26H,7,12-17,20-21H2,(H,31,34)/t24-/m1/s1. The molecule has 0 unspecified atom stereocenters. The molecule has 5 rings (SSSR count). The van der Waals surface area contributed by atoms with E-state index in [4.69, 9.17) is 0 Å². The number of benzene rings is 2. The zero-order valence-electron chi connectivity index (χ0n) is 19.6. The van der Waals surface area contributed by atoms with Crippen LogP contribution in [-0.4, -0.2) is 53.0 Å². The van der Waals surface area contributed by atoms with E-state index in [2.05, 4.69) is 67.5 Å². The molecule has 2 aliphatic rings. The largest absolute Gasteiger partial charge is 0.353 e. The van der Waals surface area contributed by atoms with Crippen molar-refractivity contribution >= 4 is 11.9 Å². The van der Waals surface area contributed by atoms with Gasteiger partial charge in [0.2, 0.25) is 11.9 Å². The molecule has 0 radical (unpaired) electrons. The number of carbonyl (C=O) groups is 1. The molecule has 3 aromatic rings. The number of rotatable bonds is 6. The van der Waals surface area contributed by atoms with E-state index in [9.17, 15) is 4.79 Å². The number of anilines is 1. The van der Waals surface area contributed by atoms with Crippen LogP contribution < -0.4 is 10.2 Å². The Bertz CT molecular complexity index is 1050. The summed E-state index contributed by atoms with van der Waals surface area (Å²) in [6.45, 7) is 4.62. The van der Waals surface area contributed by atoms with Crippen molar-refractivity contribution in [1.82, 2.24) is 20.2 Å². The average Bonchev–Trinajstić information content (AvgIpc) is 2.91. The van der Waals surface area contributed by atoms with Gasteiger partial charge in [-0.3, -0.25) is 9.69 Å². The van der Waals surface area contributed by atoms with Crippen molar-refractivity contribution in [2.75, 3.05) is 31.1 Å². The van der Waals surface area contributed by atoms with Crippen LogP contribution >= 0.6 is 0 Å². The molecule has 1 aromatic heterocycles.